The first-order valence-corrected chi connectivity index (χ1v) is 6.14. The molecule has 3 N–H and O–H groups in total. The summed E-state index contributed by atoms with van der Waals surface area (Å²) in [4.78, 5) is 23.7. The Hall–Kier alpha value is -2.15. The Kier molecular flexibility index (Phi) is 3.89. The monoisotopic (exact) mass is 282 g/mol. The Balaban J connectivity index is 2.23. The summed E-state index contributed by atoms with van der Waals surface area (Å²) in [6, 6.07) is 5.51. The fourth-order valence-electron chi connectivity index (χ4n) is 2.34. The molecule has 0 aromatic heterocycles. The molecule has 1 aromatic carbocycles. The highest BCUT2D eigenvalue weighted by Crippen LogP contribution is 2.19. The number of halogens is 1. The second-order valence-corrected chi connectivity index (χ2v) is 4.82. The van der Waals surface area contributed by atoms with Gasteiger partial charge in [0.1, 0.15) is 11.4 Å². The van der Waals surface area contributed by atoms with E-state index in [9.17, 15) is 19.1 Å². The molecule has 0 aliphatic carbocycles. The number of piperazine rings is 1. The van der Waals surface area contributed by atoms with Gasteiger partial charge in [-0.15, -0.1) is 0 Å². The van der Waals surface area contributed by atoms with Gasteiger partial charge in [-0.25, -0.2) is 9.18 Å². The number of carbonyl (C=O) groups is 2. The summed E-state index contributed by atoms with van der Waals surface area (Å²) < 4.78 is 12.9. The molecule has 1 aromatic rings. The Morgan fingerprint density at radius 1 is 1.30 bits per heavy atom. The second kappa shape index (κ2) is 5.46. The number of nitrogens with zero attached hydrogens (tertiary/aromatic N) is 1. The molecule has 1 unspecified atom stereocenters. The van der Waals surface area contributed by atoms with Crippen LogP contribution in [0.2, 0.25) is 0 Å². The topological polar surface area (TPSA) is 89.9 Å². The third kappa shape index (κ3) is 2.88. The van der Waals surface area contributed by atoms with Crippen LogP contribution in [0.5, 0.6) is 0 Å². The zero-order valence-corrected chi connectivity index (χ0v) is 10.7. The third-order valence-corrected chi connectivity index (χ3v) is 3.40. The minimum Gasteiger partial charge on any atom is -0.480 e. The van der Waals surface area contributed by atoms with Crippen LogP contribution in [-0.4, -0.2) is 52.3 Å². The molecule has 0 bridgehead atoms. The van der Waals surface area contributed by atoms with Crippen LogP contribution in [-0.2, 0) is 11.2 Å². The van der Waals surface area contributed by atoms with Crippen LogP contribution in [0.25, 0.3) is 0 Å². The smallest absolute Gasteiger partial charge is 0.407 e. The van der Waals surface area contributed by atoms with E-state index in [0.717, 1.165) is 4.90 Å². The van der Waals surface area contributed by atoms with Gasteiger partial charge < -0.3 is 15.1 Å². The molecule has 0 radical (unpaired) electrons. The standard InChI is InChI=1S/C13H15FN2O4/c14-10-3-1-9(2-4-10)7-13(11(17)18)8-16(12(19)20)6-5-15-13/h1-4,15H,5-8H2,(H,17,18)(H,19,20). The zero-order chi connectivity index (χ0) is 14.8. The zero-order valence-electron chi connectivity index (χ0n) is 10.7. The lowest BCUT2D eigenvalue weighted by molar-refractivity contribution is -0.146. The van der Waals surface area contributed by atoms with Crippen molar-refractivity contribution in [3.05, 3.63) is 35.6 Å². The molecule has 7 heteroatoms. The highest BCUT2D eigenvalue weighted by Gasteiger charge is 2.43. The van der Waals surface area contributed by atoms with Crippen molar-refractivity contribution in [2.24, 2.45) is 0 Å². The van der Waals surface area contributed by atoms with Crippen LogP contribution in [0, 0.1) is 5.82 Å². The van der Waals surface area contributed by atoms with E-state index < -0.39 is 23.4 Å². The molecule has 108 valence electrons. The lowest BCUT2D eigenvalue weighted by Crippen LogP contribution is -2.66. The van der Waals surface area contributed by atoms with Crippen LogP contribution in [0.15, 0.2) is 24.3 Å². The number of amides is 1. The van der Waals surface area contributed by atoms with Gasteiger partial charge in [0, 0.05) is 19.5 Å². The van der Waals surface area contributed by atoms with Gasteiger partial charge in [0.25, 0.3) is 0 Å². The van der Waals surface area contributed by atoms with Gasteiger partial charge >= 0.3 is 12.1 Å². The van der Waals surface area contributed by atoms with Crippen LogP contribution >= 0.6 is 0 Å². The summed E-state index contributed by atoms with van der Waals surface area (Å²) in [6.45, 7) is 0.364. The summed E-state index contributed by atoms with van der Waals surface area (Å²) in [5.74, 6) is -1.52. The van der Waals surface area contributed by atoms with E-state index in [1.807, 2.05) is 0 Å². The van der Waals surface area contributed by atoms with Crippen molar-refractivity contribution in [2.45, 2.75) is 12.0 Å². The first-order valence-electron chi connectivity index (χ1n) is 6.14. The number of hydrogen-bond donors (Lipinski definition) is 3. The summed E-state index contributed by atoms with van der Waals surface area (Å²) in [7, 11) is 0. The SMILES string of the molecule is O=C(O)N1CCNC(Cc2ccc(F)cc2)(C(=O)O)C1. The predicted molar refractivity (Wildman–Crippen MR) is 68.1 cm³/mol. The number of aliphatic carboxylic acids is 1. The number of rotatable bonds is 3. The molecular formula is C13H15FN2O4. The maximum absolute atomic E-state index is 12.9. The summed E-state index contributed by atoms with van der Waals surface area (Å²) in [5, 5.41) is 21.3. The van der Waals surface area contributed by atoms with Crippen molar-refractivity contribution in [2.75, 3.05) is 19.6 Å². The molecule has 0 saturated carbocycles. The van der Waals surface area contributed by atoms with Crippen LogP contribution in [0.1, 0.15) is 5.56 Å². The Bertz CT molecular complexity index is 520. The van der Waals surface area contributed by atoms with Gasteiger partial charge in [0.15, 0.2) is 0 Å². The van der Waals surface area contributed by atoms with Crippen LogP contribution in [0.3, 0.4) is 0 Å². The lowest BCUT2D eigenvalue weighted by atomic mass is 9.88. The van der Waals surface area contributed by atoms with E-state index in [1.165, 1.54) is 24.3 Å². The number of carboxylic acids is 1. The van der Waals surface area contributed by atoms with Gasteiger partial charge in [-0.05, 0) is 17.7 Å². The van der Waals surface area contributed by atoms with E-state index >= 15 is 0 Å². The fraction of sp³-hybridized carbons (Fsp3) is 0.385. The van der Waals surface area contributed by atoms with E-state index in [0.29, 0.717) is 5.56 Å². The average Bonchev–Trinajstić information content (AvgIpc) is 2.41. The molecule has 1 heterocycles. The molecule has 1 aliphatic heterocycles. The first-order chi connectivity index (χ1) is 9.43. The third-order valence-electron chi connectivity index (χ3n) is 3.40. The molecular weight excluding hydrogens is 267 g/mol. The lowest BCUT2D eigenvalue weighted by Gasteiger charge is -2.39. The van der Waals surface area contributed by atoms with Gasteiger partial charge in [-0.3, -0.25) is 10.1 Å². The van der Waals surface area contributed by atoms with Gasteiger partial charge in [-0.2, -0.15) is 0 Å². The molecule has 20 heavy (non-hydrogen) atoms. The van der Waals surface area contributed by atoms with Crippen LogP contribution < -0.4 is 5.32 Å². The van der Waals surface area contributed by atoms with Gasteiger partial charge in [-0.1, -0.05) is 12.1 Å². The van der Waals surface area contributed by atoms with Crippen molar-refractivity contribution in [1.82, 2.24) is 10.2 Å². The van der Waals surface area contributed by atoms with Gasteiger partial charge in [0.05, 0.1) is 6.54 Å². The quantitative estimate of drug-likeness (QED) is 0.762. The molecule has 1 aliphatic rings. The van der Waals surface area contributed by atoms with Crippen molar-refractivity contribution in [1.29, 1.82) is 0 Å². The second-order valence-electron chi connectivity index (χ2n) is 4.82. The van der Waals surface area contributed by atoms with Crippen LogP contribution in [0.4, 0.5) is 9.18 Å². The normalized spacial score (nSPS) is 22.6. The Morgan fingerprint density at radius 3 is 2.50 bits per heavy atom. The number of hydrogen-bond acceptors (Lipinski definition) is 3. The van der Waals surface area contributed by atoms with E-state index in [2.05, 4.69) is 5.32 Å². The van der Waals surface area contributed by atoms with E-state index in [-0.39, 0.29) is 26.1 Å². The summed E-state index contributed by atoms with van der Waals surface area (Å²) in [5.41, 5.74) is -0.748. The van der Waals surface area contributed by atoms with Crippen molar-refractivity contribution in [3.63, 3.8) is 0 Å². The molecule has 1 saturated heterocycles. The molecule has 1 fully saturated rings. The molecule has 1 amide bonds. The molecule has 0 spiro atoms. The number of benzene rings is 1. The predicted octanol–water partition coefficient (Wildman–Crippen LogP) is 0.775. The van der Waals surface area contributed by atoms with Crippen molar-refractivity contribution in [3.8, 4) is 0 Å². The number of nitrogens with one attached hydrogen (secondary N) is 1. The Morgan fingerprint density at radius 2 is 1.95 bits per heavy atom. The molecule has 2 rings (SSSR count). The fourth-order valence-corrected chi connectivity index (χ4v) is 2.34. The highest BCUT2D eigenvalue weighted by atomic mass is 19.1. The summed E-state index contributed by atoms with van der Waals surface area (Å²) in [6.07, 6.45) is -1.05. The maximum Gasteiger partial charge on any atom is 0.407 e. The van der Waals surface area contributed by atoms with E-state index in [1.54, 1.807) is 0 Å². The Labute approximate surface area is 114 Å². The van der Waals surface area contributed by atoms with Crippen molar-refractivity contribution >= 4 is 12.1 Å². The maximum atomic E-state index is 12.9. The average molecular weight is 282 g/mol. The first kappa shape index (κ1) is 14.3. The van der Waals surface area contributed by atoms with Crippen molar-refractivity contribution < 1.29 is 24.2 Å². The number of carboxylic acid groups (broad SMARTS) is 2. The summed E-state index contributed by atoms with van der Waals surface area (Å²) >= 11 is 0. The van der Waals surface area contributed by atoms with Gasteiger partial charge in [0.2, 0.25) is 0 Å². The largest absolute Gasteiger partial charge is 0.480 e. The molecule has 6 nitrogen and oxygen atoms in total. The minimum absolute atomic E-state index is 0.0897. The highest BCUT2D eigenvalue weighted by molar-refractivity contribution is 5.81. The van der Waals surface area contributed by atoms with E-state index in [4.69, 9.17) is 5.11 Å². The molecule has 1 atom stereocenters. The minimum atomic E-state index is -1.38.